The number of amides is 1. The molecule has 0 saturated heterocycles. The van der Waals surface area contributed by atoms with Gasteiger partial charge in [0.1, 0.15) is 15.7 Å². The first kappa shape index (κ1) is 16.9. The van der Waals surface area contributed by atoms with Crippen molar-refractivity contribution in [3.8, 4) is 18.1 Å². The maximum atomic E-state index is 11.3. The zero-order valence-electron chi connectivity index (χ0n) is 9.82. The molecule has 0 aliphatic rings. The van der Waals surface area contributed by atoms with Crippen LogP contribution < -0.4 is 10.1 Å². The van der Waals surface area contributed by atoms with E-state index in [9.17, 15) is 13.2 Å². The number of carbonyl (C=O) groups excluding carboxylic acids is 1. The molecule has 9 heteroatoms. The second-order valence-corrected chi connectivity index (χ2v) is 6.69. The summed E-state index contributed by atoms with van der Waals surface area (Å²) < 4.78 is 27.5. The molecule has 1 aromatic rings. The summed E-state index contributed by atoms with van der Waals surface area (Å²) in [6.07, 6.45) is 4.97. The van der Waals surface area contributed by atoms with Crippen LogP contribution in [0.4, 0.5) is 0 Å². The van der Waals surface area contributed by atoms with Crippen molar-refractivity contribution >= 4 is 48.8 Å². The molecule has 0 unspecified atom stereocenters. The first-order valence-corrected chi connectivity index (χ1v) is 8.09. The van der Waals surface area contributed by atoms with Crippen molar-refractivity contribution < 1.29 is 17.9 Å². The fourth-order valence-electron chi connectivity index (χ4n) is 1.16. The Hall–Kier alpha value is -1.13. The minimum absolute atomic E-state index is 0.0524. The van der Waals surface area contributed by atoms with Gasteiger partial charge in [-0.05, 0) is 12.1 Å². The fraction of sp³-hybridized carbons (Fsp3) is 0.182. The lowest BCUT2D eigenvalue weighted by Gasteiger charge is -2.10. The predicted octanol–water partition coefficient (Wildman–Crippen LogP) is 2.05. The van der Waals surface area contributed by atoms with Gasteiger partial charge in [-0.25, -0.2) is 8.42 Å². The van der Waals surface area contributed by atoms with Crippen LogP contribution in [0.5, 0.6) is 5.75 Å². The zero-order chi connectivity index (χ0) is 15.3. The number of benzene rings is 1. The smallest absolute Gasteiger partial charge is 0.262 e. The van der Waals surface area contributed by atoms with Gasteiger partial charge < -0.3 is 10.1 Å². The minimum Gasteiger partial charge on any atom is -0.482 e. The quantitative estimate of drug-likeness (QED) is 0.647. The molecule has 1 N–H and O–H groups in total. The van der Waals surface area contributed by atoms with Crippen molar-refractivity contribution in [2.45, 2.75) is 4.90 Å². The number of hydrogen-bond donors (Lipinski definition) is 1. The van der Waals surface area contributed by atoms with Crippen molar-refractivity contribution in [2.24, 2.45) is 0 Å². The van der Waals surface area contributed by atoms with Crippen molar-refractivity contribution in [3.63, 3.8) is 0 Å². The number of ether oxygens (including phenoxy) is 1. The van der Waals surface area contributed by atoms with Crippen molar-refractivity contribution in [1.29, 1.82) is 0 Å². The summed E-state index contributed by atoms with van der Waals surface area (Å²) in [5.41, 5.74) is 0. The summed E-state index contributed by atoms with van der Waals surface area (Å²) in [7, 11) is 1.16. The third kappa shape index (κ3) is 4.46. The van der Waals surface area contributed by atoms with E-state index in [0.717, 1.165) is 6.07 Å². The average molecular weight is 357 g/mol. The van der Waals surface area contributed by atoms with E-state index >= 15 is 0 Å². The highest BCUT2D eigenvalue weighted by atomic mass is 35.7. The maximum absolute atomic E-state index is 11.3. The highest BCUT2D eigenvalue weighted by Gasteiger charge is 2.20. The molecule has 0 bridgehead atoms. The third-order valence-corrected chi connectivity index (χ3v) is 4.36. The van der Waals surface area contributed by atoms with Crippen LogP contribution >= 0.6 is 33.9 Å². The molecule has 1 rings (SSSR count). The molecule has 0 heterocycles. The number of terminal acetylenes is 1. The third-order valence-electron chi connectivity index (χ3n) is 2.02. The Morgan fingerprint density at radius 3 is 2.55 bits per heavy atom. The first-order chi connectivity index (χ1) is 9.27. The highest BCUT2D eigenvalue weighted by molar-refractivity contribution is 8.13. The molecule has 108 valence electrons. The molecule has 0 radical (unpaired) electrons. The van der Waals surface area contributed by atoms with E-state index < -0.39 is 15.0 Å². The average Bonchev–Trinajstić information content (AvgIpc) is 2.36. The van der Waals surface area contributed by atoms with Crippen LogP contribution in [0.25, 0.3) is 0 Å². The molecule has 20 heavy (non-hydrogen) atoms. The summed E-state index contributed by atoms with van der Waals surface area (Å²) in [5, 5.41) is 1.95. The lowest BCUT2D eigenvalue weighted by Crippen LogP contribution is -2.29. The van der Waals surface area contributed by atoms with Crippen molar-refractivity contribution in [1.82, 2.24) is 5.32 Å². The highest BCUT2D eigenvalue weighted by Crippen LogP contribution is 2.37. The van der Waals surface area contributed by atoms with Gasteiger partial charge in [-0.1, -0.05) is 29.1 Å². The Kier molecular flexibility index (Phi) is 5.96. The first-order valence-electron chi connectivity index (χ1n) is 5.03. The zero-order valence-corrected chi connectivity index (χ0v) is 12.9. The summed E-state index contributed by atoms with van der Waals surface area (Å²) >= 11 is 11.6. The van der Waals surface area contributed by atoms with Gasteiger partial charge in [-0.2, -0.15) is 0 Å². The molecule has 1 aromatic carbocycles. The van der Waals surface area contributed by atoms with Crippen LogP contribution in [0.1, 0.15) is 0 Å². The predicted molar refractivity (Wildman–Crippen MR) is 76.8 cm³/mol. The van der Waals surface area contributed by atoms with E-state index in [2.05, 4.69) is 11.2 Å². The Labute approximate surface area is 130 Å². The Bertz CT molecular complexity index is 667. The molecule has 0 atom stereocenters. The molecule has 0 aliphatic heterocycles. The minimum atomic E-state index is -4.02. The van der Waals surface area contributed by atoms with Crippen LogP contribution in [0.2, 0.25) is 10.0 Å². The summed E-state index contributed by atoms with van der Waals surface area (Å²) in [4.78, 5) is 10.9. The lowest BCUT2D eigenvalue weighted by molar-refractivity contribution is -0.122. The van der Waals surface area contributed by atoms with Crippen LogP contribution in [0, 0.1) is 12.3 Å². The number of rotatable bonds is 5. The van der Waals surface area contributed by atoms with Crippen LogP contribution in [0.15, 0.2) is 17.0 Å². The number of carbonyl (C=O) groups is 1. The van der Waals surface area contributed by atoms with Gasteiger partial charge in [0.2, 0.25) is 0 Å². The molecule has 0 aromatic heterocycles. The molecular weight excluding hydrogens is 349 g/mol. The van der Waals surface area contributed by atoms with Crippen LogP contribution in [-0.4, -0.2) is 27.5 Å². The van der Waals surface area contributed by atoms with Gasteiger partial charge in [0, 0.05) is 10.7 Å². The Morgan fingerprint density at radius 1 is 1.35 bits per heavy atom. The van der Waals surface area contributed by atoms with Crippen LogP contribution in [0.3, 0.4) is 0 Å². The maximum Gasteiger partial charge on any atom is 0.262 e. The molecule has 0 saturated carbocycles. The number of halogens is 3. The standard InChI is InChI=1S/C11H8Cl3NO4S/c1-2-5-15-9(16)6-19-7-3-4-8(20(14,17)18)11(13)10(7)12/h1,3-4H,5-6H2,(H,15,16). The second-order valence-electron chi connectivity index (χ2n) is 3.40. The normalized spacial score (nSPS) is 10.7. The molecular formula is C11H8Cl3NO4S. The molecule has 5 nitrogen and oxygen atoms in total. The topological polar surface area (TPSA) is 72.5 Å². The Morgan fingerprint density at radius 2 is 2.00 bits per heavy atom. The Balaban J connectivity index is 2.87. The van der Waals surface area contributed by atoms with Gasteiger partial charge >= 0.3 is 0 Å². The lowest BCUT2D eigenvalue weighted by atomic mass is 10.3. The van der Waals surface area contributed by atoms with Gasteiger partial charge in [-0.15, -0.1) is 6.42 Å². The molecule has 0 spiro atoms. The summed E-state index contributed by atoms with van der Waals surface area (Å²) in [6.45, 7) is -0.273. The SMILES string of the molecule is C#CCNC(=O)COc1ccc(S(=O)(=O)Cl)c(Cl)c1Cl. The molecule has 0 fully saturated rings. The number of nitrogens with one attached hydrogen (secondary N) is 1. The fourth-order valence-corrected chi connectivity index (χ4v) is 2.94. The largest absolute Gasteiger partial charge is 0.482 e. The number of hydrogen-bond acceptors (Lipinski definition) is 4. The van der Waals surface area contributed by atoms with Crippen molar-refractivity contribution in [3.05, 3.63) is 22.2 Å². The van der Waals surface area contributed by atoms with E-state index in [1.54, 1.807) is 0 Å². The van der Waals surface area contributed by atoms with E-state index in [1.807, 2.05) is 0 Å². The van der Waals surface area contributed by atoms with Crippen LogP contribution in [-0.2, 0) is 13.8 Å². The van der Waals surface area contributed by atoms with Crippen molar-refractivity contribution in [2.75, 3.05) is 13.2 Å². The van der Waals surface area contributed by atoms with Gasteiger partial charge in [0.05, 0.1) is 11.6 Å². The van der Waals surface area contributed by atoms with E-state index in [1.165, 1.54) is 6.07 Å². The monoisotopic (exact) mass is 355 g/mol. The van der Waals surface area contributed by atoms with E-state index in [-0.39, 0.29) is 33.8 Å². The second kappa shape index (κ2) is 7.04. The summed E-state index contributed by atoms with van der Waals surface area (Å²) in [5.74, 6) is 1.82. The van der Waals surface area contributed by atoms with E-state index in [4.69, 9.17) is 45.0 Å². The summed E-state index contributed by atoms with van der Waals surface area (Å²) in [6, 6.07) is 2.38. The van der Waals surface area contributed by atoms with E-state index in [0.29, 0.717) is 0 Å². The molecule has 1 amide bonds. The van der Waals surface area contributed by atoms with Gasteiger partial charge in [-0.3, -0.25) is 4.79 Å². The van der Waals surface area contributed by atoms with Gasteiger partial charge in [0.25, 0.3) is 15.0 Å². The van der Waals surface area contributed by atoms with Gasteiger partial charge in [0.15, 0.2) is 6.61 Å². The molecule has 0 aliphatic carbocycles.